The highest BCUT2D eigenvalue weighted by Gasteiger charge is 2.61. The third-order valence-electron chi connectivity index (χ3n) is 11.3. The number of nitrogens with one attached hydrogen (secondary N) is 1. The minimum absolute atomic E-state index is 0.0947. The maximum absolute atomic E-state index is 7.65. The Bertz CT molecular complexity index is 2030. The van der Waals surface area contributed by atoms with E-state index in [1.165, 1.54) is 29.7 Å². The van der Waals surface area contributed by atoms with E-state index in [1.54, 1.807) is 0 Å². The van der Waals surface area contributed by atoms with Crippen molar-refractivity contribution < 1.29 is 0 Å². The van der Waals surface area contributed by atoms with Crippen LogP contribution in [0.2, 0.25) is 5.02 Å². The van der Waals surface area contributed by atoms with E-state index in [1.807, 2.05) is 0 Å². The number of fused-ring (bicyclic) bond motifs is 3. The Morgan fingerprint density at radius 2 is 1.27 bits per heavy atom. The summed E-state index contributed by atoms with van der Waals surface area (Å²) in [5, 5.41) is 4.37. The SMILES string of the molecule is CC12c3ccccc3N(c3cccc(N(c4ccccc4)c4ccccc4)c3Cl)C1(C)CCCC2Cc1cccc(Nc2ccccc2)c1. The Morgan fingerprint density at radius 3 is 1.98 bits per heavy atom. The lowest BCUT2D eigenvalue weighted by atomic mass is 9.55. The van der Waals surface area contributed by atoms with Crippen molar-refractivity contribution in [2.45, 2.75) is 50.5 Å². The molecule has 49 heavy (non-hydrogen) atoms. The van der Waals surface area contributed by atoms with Gasteiger partial charge in [0.15, 0.2) is 0 Å². The van der Waals surface area contributed by atoms with Gasteiger partial charge in [0.05, 0.1) is 21.9 Å². The molecule has 0 bridgehead atoms. The Balaban J connectivity index is 1.20. The monoisotopic (exact) mass is 659 g/mol. The van der Waals surface area contributed by atoms with Gasteiger partial charge in [0.1, 0.15) is 0 Å². The topological polar surface area (TPSA) is 18.5 Å². The summed E-state index contributed by atoms with van der Waals surface area (Å²) in [5.74, 6) is 0.455. The average molecular weight is 660 g/mol. The number of para-hydroxylation sites is 4. The number of nitrogens with zero attached hydrogens (tertiary/aromatic N) is 2. The summed E-state index contributed by atoms with van der Waals surface area (Å²) in [6, 6.07) is 56.1. The third-order valence-corrected chi connectivity index (χ3v) is 11.7. The lowest BCUT2D eigenvalue weighted by Crippen LogP contribution is -2.59. The molecule has 0 radical (unpaired) electrons. The first-order valence-corrected chi connectivity index (χ1v) is 17.8. The molecule has 8 rings (SSSR count). The Morgan fingerprint density at radius 1 is 0.673 bits per heavy atom. The summed E-state index contributed by atoms with van der Waals surface area (Å²) in [4.78, 5) is 4.87. The van der Waals surface area contributed by atoms with Gasteiger partial charge < -0.3 is 15.1 Å². The van der Waals surface area contributed by atoms with Gasteiger partial charge in [-0.3, -0.25) is 0 Å². The van der Waals surface area contributed by atoms with Crippen LogP contribution in [0, 0.1) is 5.92 Å². The third kappa shape index (κ3) is 5.37. The summed E-state index contributed by atoms with van der Waals surface area (Å²) in [7, 11) is 0. The molecule has 1 N–H and O–H groups in total. The van der Waals surface area contributed by atoms with E-state index in [0.717, 1.165) is 52.0 Å². The first-order chi connectivity index (χ1) is 24.0. The van der Waals surface area contributed by atoms with Gasteiger partial charge in [-0.1, -0.05) is 116 Å². The Hall–Kier alpha value is -4.99. The molecular formula is C45H42ClN3. The van der Waals surface area contributed by atoms with Crippen molar-refractivity contribution in [2.24, 2.45) is 5.92 Å². The molecule has 1 fully saturated rings. The number of hydrogen-bond donors (Lipinski definition) is 1. The standard InChI is InChI=1S/C45H42ClN3/c1-44-30-16-18-34(31-33-17-14-21-36(32-33)47-35-19-6-3-7-20-35)45(44,2)39-26-12-13-27-40(39)49(44)42-29-15-28-41(43(42)46)48(37-22-8-4-9-23-37)38-24-10-5-11-25-38/h3-15,17,19-29,32,34,47H,16,18,30-31H2,1-2H3. The summed E-state index contributed by atoms with van der Waals surface area (Å²) >= 11 is 7.65. The van der Waals surface area contributed by atoms with Crippen molar-refractivity contribution in [3.05, 3.63) is 174 Å². The minimum atomic E-state index is -0.175. The van der Waals surface area contributed by atoms with Crippen molar-refractivity contribution in [3.8, 4) is 0 Å². The first kappa shape index (κ1) is 31.3. The van der Waals surface area contributed by atoms with Crippen LogP contribution in [0.4, 0.5) is 39.8 Å². The largest absolute Gasteiger partial charge is 0.356 e. The van der Waals surface area contributed by atoms with Gasteiger partial charge in [-0.15, -0.1) is 0 Å². The normalized spacial score (nSPS) is 21.1. The van der Waals surface area contributed by atoms with Crippen molar-refractivity contribution >= 4 is 51.4 Å². The van der Waals surface area contributed by atoms with Gasteiger partial charge in [0.2, 0.25) is 0 Å². The molecule has 1 heterocycles. The molecule has 3 nitrogen and oxygen atoms in total. The first-order valence-electron chi connectivity index (χ1n) is 17.5. The zero-order valence-corrected chi connectivity index (χ0v) is 28.9. The van der Waals surface area contributed by atoms with Gasteiger partial charge in [0, 0.05) is 33.9 Å². The number of anilines is 7. The van der Waals surface area contributed by atoms with E-state index in [0.29, 0.717) is 5.92 Å². The molecule has 4 heteroatoms. The minimum Gasteiger partial charge on any atom is -0.356 e. The highest BCUT2D eigenvalue weighted by Crippen LogP contribution is 2.64. The van der Waals surface area contributed by atoms with Crippen LogP contribution in [0.25, 0.3) is 0 Å². The lowest BCUT2D eigenvalue weighted by molar-refractivity contribution is 0.116. The summed E-state index contributed by atoms with van der Waals surface area (Å²) in [6.45, 7) is 5.02. The predicted octanol–water partition coefficient (Wildman–Crippen LogP) is 12.8. The fourth-order valence-corrected chi connectivity index (χ4v) is 9.09. The van der Waals surface area contributed by atoms with Crippen LogP contribution >= 0.6 is 11.6 Å². The highest BCUT2D eigenvalue weighted by molar-refractivity contribution is 6.36. The predicted molar refractivity (Wildman–Crippen MR) is 208 cm³/mol. The van der Waals surface area contributed by atoms with Crippen LogP contribution in [0.3, 0.4) is 0 Å². The molecule has 1 saturated carbocycles. The van der Waals surface area contributed by atoms with Crippen molar-refractivity contribution in [3.63, 3.8) is 0 Å². The van der Waals surface area contributed by atoms with E-state index in [2.05, 4.69) is 187 Å². The van der Waals surface area contributed by atoms with Gasteiger partial charge in [-0.25, -0.2) is 0 Å². The van der Waals surface area contributed by atoms with Crippen LogP contribution in [-0.4, -0.2) is 5.54 Å². The van der Waals surface area contributed by atoms with Crippen LogP contribution in [0.5, 0.6) is 0 Å². The van der Waals surface area contributed by atoms with Crippen molar-refractivity contribution in [2.75, 3.05) is 15.1 Å². The molecule has 0 spiro atoms. The van der Waals surface area contributed by atoms with Crippen molar-refractivity contribution in [1.82, 2.24) is 0 Å². The zero-order valence-electron chi connectivity index (χ0n) is 28.2. The van der Waals surface area contributed by atoms with Gasteiger partial charge in [-0.05, 0) is 110 Å². The second-order valence-corrected chi connectivity index (χ2v) is 14.3. The van der Waals surface area contributed by atoms with Crippen LogP contribution in [0.1, 0.15) is 44.2 Å². The second-order valence-electron chi connectivity index (χ2n) is 13.9. The smallest absolute Gasteiger partial charge is 0.0883 e. The quantitative estimate of drug-likeness (QED) is 0.175. The van der Waals surface area contributed by atoms with Gasteiger partial charge >= 0.3 is 0 Å². The molecule has 3 atom stereocenters. The molecule has 6 aromatic rings. The second kappa shape index (κ2) is 12.8. The van der Waals surface area contributed by atoms with Crippen molar-refractivity contribution in [1.29, 1.82) is 0 Å². The highest BCUT2D eigenvalue weighted by atomic mass is 35.5. The molecule has 244 valence electrons. The zero-order chi connectivity index (χ0) is 33.4. The summed E-state index contributed by atoms with van der Waals surface area (Å²) in [6.07, 6.45) is 4.46. The number of benzene rings is 6. The average Bonchev–Trinajstić information content (AvgIpc) is 3.35. The fourth-order valence-electron chi connectivity index (χ4n) is 8.79. The molecule has 0 amide bonds. The van der Waals surface area contributed by atoms with Gasteiger partial charge in [0.25, 0.3) is 0 Å². The van der Waals surface area contributed by atoms with Crippen LogP contribution < -0.4 is 15.1 Å². The molecule has 0 saturated heterocycles. The Kier molecular flexibility index (Phi) is 8.17. The Labute approximate surface area is 295 Å². The maximum atomic E-state index is 7.65. The van der Waals surface area contributed by atoms with Gasteiger partial charge in [-0.2, -0.15) is 0 Å². The van der Waals surface area contributed by atoms with Crippen LogP contribution in [-0.2, 0) is 11.8 Å². The molecular weight excluding hydrogens is 618 g/mol. The maximum Gasteiger partial charge on any atom is 0.0883 e. The summed E-state index contributed by atoms with van der Waals surface area (Å²) in [5.41, 5.74) is 10.2. The van der Waals surface area contributed by atoms with Crippen LogP contribution in [0.15, 0.2) is 158 Å². The fraction of sp³-hybridized carbons (Fsp3) is 0.200. The molecule has 1 aliphatic heterocycles. The molecule has 1 aliphatic carbocycles. The molecule has 3 unspecified atom stereocenters. The number of halogens is 1. The van der Waals surface area contributed by atoms with E-state index in [4.69, 9.17) is 11.6 Å². The molecule has 0 aromatic heterocycles. The molecule has 2 aliphatic rings. The number of rotatable bonds is 8. The lowest BCUT2D eigenvalue weighted by Gasteiger charge is -2.54. The van der Waals surface area contributed by atoms with E-state index < -0.39 is 0 Å². The van der Waals surface area contributed by atoms with E-state index >= 15 is 0 Å². The summed E-state index contributed by atoms with van der Waals surface area (Å²) < 4.78 is 0. The number of hydrogen-bond acceptors (Lipinski definition) is 3. The molecule has 6 aromatic carbocycles. The van der Waals surface area contributed by atoms with E-state index in [-0.39, 0.29) is 11.0 Å². The van der Waals surface area contributed by atoms with E-state index in [9.17, 15) is 0 Å².